The maximum atomic E-state index is 11.0. The fourth-order valence-corrected chi connectivity index (χ4v) is 5.20. The van der Waals surface area contributed by atoms with Crippen LogP contribution in [0.15, 0.2) is 22.3 Å². The van der Waals surface area contributed by atoms with E-state index in [4.69, 9.17) is 12.8 Å². The van der Waals surface area contributed by atoms with Gasteiger partial charge in [0.15, 0.2) is 0 Å². The number of carbonyl (C=O) groups excluding carboxylic acids is 1. The second-order valence-electron chi connectivity index (χ2n) is 11.2. The quantitative estimate of drug-likeness (QED) is 0.0956. The Morgan fingerprint density at radius 3 is 1.62 bits per heavy atom. The van der Waals surface area contributed by atoms with Crippen molar-refractivity contribution >= 4 is 106 Å². The van der Waals surface area contributed by atoms with Crippen LogP contribution in [0.25, 0.3) is 0 Å². The van der Waals surface area contributed by atoms with Crippen molar-refractivity contribution in [1.29, 1.82) is 0 Å². The van der Waals surface area contributed by atoms with Gasteiger partial charge in [-0.1, -0.05) is 55.9 Å². The van der Waals surface area contributed by atoms with Gasteiger partial charge in [0, 0.05) is 6.42 Å². The Balaban J connectivity index is -0.000000156. The first kappa shape index (κ1) is 52.8. The van der Waals surface area contributed by atoms with Crippen molar-refractivity contribution in [3.05, 3.63) is 36.1 Å². The molecule has 2 nitrogen and oxygen atoms in total. The van der Waals surface area contributed by atoms with Gasteiger partial charge in [-0.15, -0.1) is 6.42 Å². The number of terminal acetylenes is 2. The van der Waals surface area contributed by atoms with E-state index in [1.54, 1.807) is 19.4 Å². The molecule has 0 saturated carbocycles. The molecule has 2 aliphatic carbocycles. The number of aliphatic hydroxyl groups is 1. The van der Waals surface area contributed by atoms with Gasteiger partial charge < -0.3 is 30.2 Å². The van der Waals surface area contributed by atoms with E-state index in [0.717, 1.165) is 19.3 Å². The summed E-state index contributed by atoms with van der Waals surface area (Å²) >= 11 is 10.0. The van der Waals surface area contributed by atoms with Gasteiger partial charge in [0.2, 0.25) is 0 Å². The number of ketones is 1. The summed E-state index contributed by atoms with van der Waals surface area (Å²) in [6, 6.07) is 0. The van der Waals surface area contributed by atoms with Gasteiger partial charge in [-0.2, -0.15) is 0 Å². The number of hydrogen-bond acceptors (Lipinski definition) is 2. The maximum absolute atomic E-state index is 11.0. The van der Waals surface area contributed by atoms with Gasteiger partial charge in [0.25, 0.3) is 0 Å². The summed E-state index contributed by atoms with van der Waals surface area (Å²) in [5.41, 5.74) is 5.74. The van der Waals surface area contributed by atoms with Gasteiger partial charge in [0.05, 0.1) is 0 Å². The van der Waals surface area contributed by atoms with Gasteiger partial charge in [0.1, 0.15) is 11.4 Å². The normalized spacial score (nSPS) is 17.9. The summed E-state index contributed by atoms with van der Waals surface area (Å²) < 4.78 is 0. The second-order valence-corrected chi connectivity index (χ2v) is 39.3. The Morgan fingerprint density at radius 1 is 1.02 bits per heavy atom. The van der Waals surface area contributed by atoms with Crippen LogP contribution in [-0.2, 0) is 14.3 Å². The molecular formula is C31H50I5MgO2V-. The summed E-state index contributed by atoms with van der Waals surface area (Å²) in [4.78, 5) is 11.0. The van der Waals surface area contributed by atoms with E-state index in [1.165, 1.54) is 55.2 Å². The predicted molar refractivity (Wildman–Crippen MR) is 206 cm³/mol. The molecule has 0 aromatic heterocycles. The molecule has 0 bridgehead atoms. The van der Waals surface area contributed by atoms with E-state index >= 15 is 0 Å². The molecule has 2 aliphatic rings. The zero-order chi connectivity index (χ0) is 30.6. The van der Waals surface area contributed by atoms with Crippen LogP contribution >= 0.6 is 77.2 Å². The molecule has 0 amide bonds. The van der Waals surface area contributed by atoms with E-state index in [1.807, 2.05) is 0 Å². The van der Waals surface area contributed by atoms with Gasteiger partial charge >= 0.3 is 123 Å². The summed E-state index contributed by atoms with van der Waals surface area (Å²) in [5.74, 6) is 2.77. The topological polar surface area (TPSA) is 37.3 Å². The number of hydrogen-bond donors (Lipinski definition) is 1. The van der Waals surface area contributed by atoms with Crippen LogP contribution in [0.1, 0.15) is 120 Å². The summed E-state index contributed by atoms with van der Waals surface area (Å²) in [7, 11) is 0.628. The van der Waals surface area contributed by atoms with Crippen LogP contribution < -0.4 is 13.3 Å². The molecule has 1 unspecified atom stereocenters. The number of rotatable bonds is 6. The molecule has 0 spiro atoms. The maximum Gasteiger partial charge on any atom is 2.00 e. The van der Waals surface area contributed by atoms with Crippen LogP contribution in [0.3, 0.4) is 0 Å². The van der Waals surface area contributed by atoms with E-state index in [-0.39, 0.29) is 35.9 Å². The van der Waals surface area contributed by atoms with Crippen molar-refractivity contribution < 1.29 is 32.6 Å². The van der Waals surface area contributed by atoms with Gasteiger partial charge in [-0.25, -0.2) is 0 Å². The Bertz CT molecular complexity index is 810. The average Bonchev–Trinajstić information content (AvgIpc) is 2.80. The van der Waals surface area contributed by atoms with Crippen LogP contribution in [0.2, 0.25) is 0 Å². The van der Waals surface area contributed by atoms with Crippen LogP contribution in [0.4, 0.5) is 0 Å². The fraction of sp³-hybridized carbons (Fsp3) is 0.677. The minimum atomic E-state index is -0.958. The first-order chi connectivity index (χ1) is 17.5. The molecular weight excluding hydrogens is 1110 g/mol. The van der Waals surface area contributed by atoms with Gasteiger partial charge in [-0.05, 0) is 96.3 Å². The Kier molecular flexibility index (Phi) is 39.1. The standard InChI is InChI=1S/C15H24O.C13H22O.C2H.CH3.I3.2HI.Mg.V/c1-6-15(5,16)11-9-13-12(2)8-7-10-14(13,3)4;1-10-6-5-9-13(3,4)12(10)8-7-11(2)14;1-2;;1-3-2;;;;/h1,16H,7-11H2,2-5H3;5-9H2,1-4H3;1H;1H3;;2*1H;;/q;;3*-1;;;2*+2/p-2. The van der Waals surface area contributed by atoms with Crippen molar-refractivity contribution in [2.45, 2.75) is 125 Å². The predicted octanol–water partition coefficient (Wildman–Crippen LogP) is 8.38. The summed E-state index contributed by atoms with van der Waals surface area (Å²) in [6.45, 7) is 17.1. The molecule has 40 heavy (non-hydrogen) atoms. The minimum Gasteiger partial charge on any atom is 2.00 e. The first-order valence-corrected chi connectivity index (χ1v) is 34.3. The van der Waals surface area contributed by atoms with E-state index in [2.05, 4.69) is 131 Å². The molecule has 0 heterocycles. The SMILES string of the molecule is C#CC(C)(O)CCC1=C(C)CCCC1(C)C.CC(=O)CCC1=C(C)CCCC1(C)C.I[I-]I.[C-]#C.[CH3-].[I][V][I].[Mg+2]. The third kappa shape index (κ3) is 25.4. The zero-order valence-electron chi connectivity index (χ0n) is 26.1. The second kappa shape index (κ2) is 29.6. The number of allylic oxidation sites excluding steroid dienone is 4. The summed E-state index contributed by atoms with van der Waals surface area (Å²) in [6.07, 6.45) is 25.2. The van der Waals surface area contributed by atoms with Crippen molar-refractivity contribution in [2.24, 2.45) is 10.8 Å². The van der Waals surface area contributed by atoms with Crippen molar-refractivity contribution in [3.8, 4) is 18.8 Å². The number of Topliss-reactive ketones (excluding diaryl/α,β-unsaturated/α-hetero) is 1. The molecule has 0 saturated heterocycles. The smallest absolute Gasteiger partial charge is 2.00 e. The molecule has 0 aromatic carbocycles. The molecule has 2 rings (SSSR count). The number of carbonyl (C=O) groups is 1. The Hall–Kier alpha value is 3.23. The number of halogens is 5. The van der Waals surface area contributed by atoms with E-state index in [9.17, 15) is 9.90 Å². The van der Waals surface area contributed by atoms with E-state index in [0.29, 0.717) is 40.3 Å². The molecule has 0 fully saturated rings. The Morgan fingerprint density at radius 2 is 1.35 bits per heavy atom. The molecule has 0 radical (unpaired) electrons. The minimum absolute atomic E-state index is 0. The molecule has 229 valence electrons. The average molecular weight is 1160 g/mol. The zero-order valence-corrected chi connectivity index (χ0v) is 39.7. The van der Waals surface area contributed by atoms with Crippen LogP contribution in [-0.4, -0.2) is 39.5 Å². The fourth-order valence-electron chi connectivity index (χ4n) is 5.20. The van der Waals surface area contributed by atoms with Crippen LogP contribution in [0, 0.1) is 43.4 Å². The van der Waals surface area contributed by atoms with Gasteiger partial charge in [-0.3, -0.25) is 0 Å². The third-order valence-electron chi connectivity index (χ3n) is 7.27. The van der Waals surface area contributed by atoms with Crippen molar-refractivity contribution in [1.82, 2.24) is 0 Å². The largest absolute Gasteiger partial charge is 2.00 e. The molecule has 1 atom stereocenters. The van der Waals surface area contributed by atoms with Crippen molar-refractivity contribution in [3.63, 3.8) is 0 Å². The van der Waals surface area contributed by atoms with Crippen LogP contribution in [0.5, 0.6) is 0 Å². The third-order valence-corrected chi connectivity index (χ3v) is 7.27. The first-order valence-electron chi connectivity index (χ1n) is 12.7. The Labute approximate surface area is 324 Å². The monoisotopic (exact) mass is 1160 g/mol. The molecule has 9 heteroatoms. The summed E-state index contributed by atoms with van der Waals surface area (Å²) in [5, 5.41) is 9.85. The molecule has 1 N–H and O–H groups in total. The van der Waals surface area contributed by atoms with Crippen molar-refractivity contribution in [2.75, 3.05) is 0 Å². The molecule has 0 aromatic rings. The van der Waals surface area contributed by atoms with E-state index < -0.39 is 5.60 Å². The molecule has 0 aliphatic heterocycles.